The lowest BCUT2D eigenvalue weighted by Gasteiger charge is -2.23. The van der Waals surface area contributed by atoms with Crippen LogP contribution in [0.1, 0.15) is 33.2 Å². The number of nitrogens with one attached hydrogen (secondary N) is 1. The first kappa shape index (κ1) is 20.2. The maximum absolute atomic E-state index is 13.2. The molecule has 1 aliphatic heterocycles. The van der Waals surface area contributed by atoms with Crippen molar-refractivity contribution in [2.24, 2.45) is 0 Å². The number of hydrogen-bond acceptors (Lipinski definition) is 5. The number of methoxy groups -OCH3 is 1. The molecule has 0 aliphatic carbocycles. The van der Waals surface area contributed by atoms with E-state index in [4.69, 9.17) is 9.15 Å². The molecule has 6 nitrogen and oxygen atoms in total. The average Bonchev–Trinajstić information content (AvgIpc) is 3.52. The number of nitrogens with zero attached hydrogens (tertiary/aromatic N) is 1. The van der Waals surface area contributed by atoms with E-state index in [0.29, 0.717) is 30.1 Å². The Labute approximate surface area is 179 Å². The molecule has 7 heteroatoms. The predicted molar refractivity (Wildman–Crippen MR) is 116 cm³/mol. The lowest BCUT2D eigenvalue weighted by molar-refractivity contribution is -0.125. The lowest BCUT2D eigenvalue weighted by Crippen LogP contribution is -2.45. The summed E-state index contributed by atoms with van der Waals surface area (Å²) in [6, 6.07) is 12.9. The van der Waals surface area contributed by atoms with Gasteiger partial charge in [0.1, 0.15) is 17.6 Å². The van der Waals surface area contributed by atoms with Crippen LogP contribution in [0.4, 0.5) is 0 Å². The largest absolute Gasteiger partial charge is 0.497 e. The molecule has 0 saturated carbocycles. The van der Waals surface area contributed by atoms with Gasteiger partial charge >= 0.3 is 0 Å². The van der Waals surface area contributed by atoms with Crippen molar-refractivity contribution in [2.45, 2.75) is 32.4 Å². The van der Waals surface area contributed by atoms with E-state index < -0.39 is 6.04 Å². The summed E-state index contributed by atoms with van der Waals surface area (Å²) in [5.74, 6) is 1.26. The van der Waals surface area contributed by atoms with Crippen LogP contribution >= 0.6 is 11.3 Å². The number of rotatable bonds is 6. The van der Waals surface area contributed by atoms with Gasteiger partial charge in [0, 0.05) is 11.4 Å². The first-order valence-corrected chi connectivity index (χ1v) is 10.7. The maximum Gasteiger partial charge on any atom is 0.264 e. The zero-order valence-corrected chi connectivity index (χ0v) is 17.8. The van der Waals surface area contributed by atoms with Gasteiger partial charge in [-0.2, -0.15) is 0 Å². The minimum absolute atomic E-state index is 0.0847. The molecule has 2 aromatic heterocycles. The number of ether oxygens (including phenoxy) is 1. The average molecular weight is 425 g/mol. The van der Waals surface area contributed by atoms with Crippen LogP contribution in [-0.2, 0) is 11.3 Å². The molecular formula is C23H24N2O4S. The van der Waals surface area contributed by atoms with Gasteiger partial charge in [-0.05, 0) is 61.2 Å². The predicted octanol–water partition coefficient (Wildman–Crippen LogP) is 4.25. The van der Waals surface area contributed by atoms with Crippen molar-refractivity contribution in [3.05, 3.63) is 64.2 Å². The highest BCUT2D eigenvalue weighted by molar-refractivity contribution is 7.14. The quantitative estimate of drug-likeness (QED) is 0.642. The second kappa shape index (κ2) is 8.75. The third-order valence-corrected chi connectivity index (χ3v) is 6.40. The van der Waals surface area contributed by atoms with Crippen LogP contribution in [0.25, 0.3) is 11.1 Å². The number of hydrogen-bond donors (Lipinski definition) is 1. The van der Waals surface area contributed by atoms with E-state index in [0.717, 1.165) is 28.2 Å². The smallest absolute Gasteiger partial charge is 0.264 e. The van der Waals surface area contributed by atoms with Crippen LogP contribution in [0.3, 0.4) is 0 Å². The van der Waals surface area contributed by atoms with E-state index in [1.807, 2.05) is 43.3 Å². The molecular weight excluding hydrogens is 400 g/mol. The molecule has 1 saturated heterocycles. The van der Waals surface area contributed by atoms with Crippen LogP contribution in [0.5, 0.6) is 5.75 Å². The Morgan fingerprint density at radius 2 is 2.07 bits per heavy atom. The fourth-order valence-corrected chi connectivity index (χ4v) is 4.77. The van der Waals surface area contributed by atoms with Gasteiger partial charge in [-0.1, -0.05) is 12.1 Å². The summed E-state index contributed by atoms with van der Waals surface area (Å²) in [4.78, 5) is 29.3. The molecule has 0 bridgehead atoms. The topological polar surface area (TPSA) is 71.8 Å². The van der Waals surface area contributed by atoms with Crippen LogP contribution in [0.15, 0.2) is 53.1 Å². The number of furan rings is 1. The second-order valence-corrected chi connectivity index (χ2v) is 8.52. The van der Waals surface area contributed by atoms with E-state index in [-0.39, 0.29) is 11.8 Å². The summed E-state index contributed by atoms with van der Waals surface area (Å²) in [7, 11) is 1.64. The molecule has 3 heterocycles. The molecule has 0 spiro atoms. The Bertz CT molecular complexity index is 1020. The summed E-state index contributed by atoms with van der Waals surface area (Å²) in [6.45, 7) is 2.93. The van der Waals surface area contributed by atoms with Crippen molar-refractivity contribution in [1.82, 2.24) is 10.2 Å². The van der Waals surface area contributed by atoms with Crippen molar-refractivity contribution in [1.29, 1.82) is 0 Å². The van der Waals surface area contributed by atoms with Crippen molar-refractivity contribution < 1.29 is 18.7 Å². The Balaban J connectivity index is 1.48. The van der Waals surface area contributed by atoms with Gasteiger partial charge in [0.25, 0.3) is 5.91 Å². The van der Waals surface area contributed by atoms with E-state index in [2.05, 4.69) is 5.32 Å². The van der Waals surface area contributed by atoms with Gasteiger partial charge in [0.2, 0.25) is 5.91 Å². The first-order valence-electron chi connectivity index (χ1n) is 9.92. The fraction of sp³-hybridized carbons (Fsp3) is 0.304. The summed E-state index contributed by atoms with van der Waals surface area (Å²) in [5, 5.41) is 2.88. The fourth-order valence-electron chi connectivity index (χ4n) is 3.77. The number of amides is 2. The highest BCUT2D eigenvalue weighted by Crippen LogP contribution is 2.33. The van der Waals surface area contributed by atoms with Gasteiger partial charge in [-0.25, -0.2) is 0 Å². The molecule has 156 valence electrons. The van der Waals surface area contributed by atoms with Crippen LogP contribution in [0, 0.1) is 6.92 Å². The molecule has 1 aliphatic rings. The normalized spacial score (nSPS) is 15.9. The molecule has 1 aromatic carbocycles. The van der Waals surface area contributed by atoms with Gasteiger partial charge in [-0.15, -0.1) is 11.3 Å². The van der Waals surface area contributed by atoms with Gasteiger partial charge in [-0.3, -0.25) is 9.59 Å². The molecule has 2 amide bonds. The summed E-state index contributed by atoms with van der Waals surface area (Å²) >= 11 is 1.47. The standard InChI is InChI=1S/C23H24N2O4S/c1-15-19(16-7-9-17(28-2)10-8-16)13-21(30-15)23(27)25-11-3-6-20(25)22(26)24-14-18-5-4-12-29-18/h4-5,7-10,12-13,20H,3,6,11,14H2,1-2H3,(H,24,26). The van der Waals surface area contributed by atoms with Crippen LogP contribution < -0.4 is 10.1 Å². The number of thiophene rings is 1. The van der Waals surface area contributed by atoms with Gasteiger partial charge in [0.05, 0.1) is 24.8 Å². The maximum atomic E-state index is 13.2. The number of aryl methyl sites for hydroxylation is 1. The Morgan fingerprint density at radius 1 is 1.27 bits per heavy atom. The van der Waals surface area contributed by atoms with Crippen molar-refractivity contribution in [3.8, 4) is 16.9 Å². The van der Waals surface area contributed by atoms with Crippen molar-refractivity contribution >= 4 is 23.2 Å². The zero-order valence-electron chi connectivity index (χ0n) is 17.0. The third kappa shape index (κ3) is 4.11. The number of carbonyl (C=O) groups is 2. The molecule has 1 unspecified atom stereocenters. The van der Waals surface area contributed by atoms with E-state index in [1.165, 1.54) is 11.3 Å². The first-order chi connectivity index (χ1) is 14.6. The molecule has 30 heavy (non-hydrogen) atoms. The Kier molecular flexibility index (Phi) is 5.90. The minimum Gasteiger partial charge on any atom is -0.497 e. The summed E-state index contributed by atoms with van der Waals surface area (Å²) in [5.41, 5.74) is 2.07. The summed E-state index contributed by atoms with van der Waals surface area (Å²) < 4.78 is 10.5. The van der Waals surface area contributed by atoms with E-state index >= 15 is 0 Å². The van der Waals surface area contributed by atoms with Crippen molar-refractivity contribution in [3.63, 3.8) is 0 Å². The molecule has 4 rings (SSSR count). The number of benzene rings is 1. The third-order valence-electron chi connectivity index (χ3n) is 5.36. The highest BCUT2D eigenvalue weighted by atomic mass is 32.1. The number of likely N-dealkylation sites (tertiary alicyclic amines) is 1. The minimum atomic E-state index is -0.445. The van der Waals surface area contributed by atoms with E-state index in [9.17, 15) is 9.59 Å². The number of carbonyl (C=O) groups excluding carboxylic acids is 2. The molecule has 1 N–H and O–H groups in total. The zero-order chi connectivity index (χ0) is 21.1. The Morgan fingerprint density at radius 3 is 2.77 bits per heavy atom. The molecule has 1 fully saturated rings. The molecule has 0 radical (unpaired) electrons. The summed E-state index contributed by atoms with van der Waals surface area (Å²) in [6.07, 6.45) is 3.07. The van der Waals surface area contributed by atoms with Crippen molar-refractivity contribution in [2.75, 3.05) is 13.7 Å². The van der Waals surface area contributed by atoms with E-state index in [1.54, 1.807) is 24.3 Å². The highest BCUT2D eigenvalue weighted by Gasteiger charge is 2.35. The Hall–Kier alpha value is -3.06. The second-order valence-electron chi connectivity index (χ2n) is 7.26. The SMILES string of the molecule is COc1ccc(-c2cc(C(=O)N3CCCC3C(=O)NCc3ccco3)sc2C)cc1. The van der Waals surface area contributed by atoms with Gasteiger partial charge in [0.15, 0.2) is 0 Å². The van der Waals surface area contributed by atoms with Crippen LogP contribution in [0.2, 0.25) is 0 Å². The molecule has 3 aromatic rings. The molecule has 1 atom stereocenters. The lowest BCUT2D eigenvalue weighted by atomic mass is 10.1. The monoisotopic (exact) mass is 424 g/mol. The van der Waals surface area contributed by atoms with Crippen LogP contribution in [-0.4, -0.2) is 36.4 Å². The van der Waals surface area contributed by atoms with Gasteiger partial charge < -0.3 is 19.4 Å².